The molecule has 1 amide bonds. The molecule has 0 unspecified atom stereocenters. The van der Waals surface area contributed by atoms with E-state index in [1.165, 1.54) is 0 Å². The third-order valence-electron chi connectivity index (χ3n) is 2.63. The highest BCUT2D eigenvalue weighted by Crippen LogP contribution is 2.06. The van der Waals surface area contributed by atoms with Crippen molar-refractivity contribution in [1.82, 2.24) is 25.4 Å². The summed E-state index contributed by atoms with van der Waals surface area (Å²) >= 11 is 0. The van der Waals surface area contributed by atoms with Crippen LogP contribution >= 0.6 is 0 Å². The fourth-order valence-corrected chi connectivity index (χ4v) is 1.67. The van der Waals surface area contributed by atoms with Gasteiger partial charge < -0.3 is 10.6 Å². The van der Waals surface area contributed by atoms with Crippen molar-refractivity contribution in [2.45, 2.75) is 6.42 Å². The number of aromatic nitrogens is 3. The molecular weight excluding hydrogens is 242 g/mol. The zero-order valence-electron chi connectivity index (χ0n) is 10.8. The van der Waals surface area contributed by atoms with Crippen LogP contribution in [0, 0.1) is 0 Å². The molecule has 6 heteroatoms. The minimum Gasteiger partial charge on any atom is -0.351 e. The van der Waals surface area contributed by atoms with Gasteiger partial charge in [0.1, 0.15) is 5.69 Å². The van der Waals surface area contributed by atoms with Crippen molar-refractivity contribution in [3.8, 4) is 5.69 Å². The van der Waals surface area contributed by atoms with Crippen molar-refractivity contribution in [1.29, 1.82) is 0 Å². The fraction of sp³-hybridized carbons (Fsp3) is 0.308. The van der Waals surface area contributed by atoms with Crippen LogP contribution in [-0.4, -0.2) is 40.8 Å². The van der Waals surface area contributed by atoms with E-state index in [1.807, 2.05) is 25.4 Å². The molecule has 2 heterocycles. The van der Waals surface area contributed by atoms with Gasteiger partial charge in [-0.3, -0.25) is 9.78 Å². The Morgan fingerprint density at radius 1 is 1.37 bits per heavy atom. The van der Waals surface area contributed by atoms with E-state index in [9.17, 15) is 4.79 Å². The third kappa shape index (κ3) is 3.62. The summed E-state index contributed by atoms with van der Waals surface area (Å²) in [5.74, 6) is -0.162. The van der Waals surface area contributed by atoms with Gasteiger partial charge in [0.05, 0.1) is 5.69 Å². The Hall–Kier alpha value is -2.21. The first-order valence-electron chi connectivity index (χ1n) is 6.20. The van der Waals surface area contributed by atoms with E-state index in [2.05, 4.69) is 20.7 Å². The minimum absolute atomic E-state index is 0.162. The molecular formula is C13H17N5O. The number of hydrogen-bond acceptors (Lipinski definition) is 4. The molecule has 0 spiro atoms. The van der Waals surface area contributed by atoms with E-state index >= 15 is 0 Å². The maximum atomic E-state index is 11.9. The SMILES string of the molecule is CNCCCNC(=O)c1cc(-n2cccn2)ccn1. The molecule has 6 nitrogen and oxygen atoms in total. The molecule has 0 fully saturated rings. The zero-order chi connectivity index (χ0) is 13.5. The van der Waals surface area contributed by atoms with Crippen LogP contribution in [0.3, 0.4) is 0 Å². The molecule has 2 N–H and O–H groups in total. The highest BCUT2D eigenvalue weighted by atomic mass is 16.1. The first-order chi connectivity index (χ1) is 9.31. The van der Waals surface area contributed by atoms with E-state index in [-0.39, 0.29) is 5.91 Å². The van der Waals surface area contributed by atoms with Gasteiger partial charge in [0.25, 0.3) is 5.91 Å². The van der Waals surface area contributed by atoms with Crippen LogP contribution in [0.15, 0.2) is 36.8 Å². The first-order valence-corrected chi connectivity index (χ1v) is 6.20. The van der Waals surface area contributed by atoms with Gasteiger partial charge in [-0.1, -0.05) is 0 Å². The Balaban J connectivity index is 2.00. The lowest BCUT2D eigenvalue weighted by molar-refractivity contribution is 0.0948. The highest BCUT2D eigenvalue weighted by Gasteiger charge is 2.07. The molecule has 2 aromatic rings. The monoisotopic (exact) mass is 259 g/mol. The van der Waals surface area contributed by atoms with Gasteiger partial charge in [0.15, 0.2) is 0 Å². The number of rotatable bonds is 6. The summed E-state index contributed by atoms with van der Waals surface area (Å²) < 4.78 is 1.69. The van der Waals surface area contributed by atoms with Crippen LogP contribution in [0.1, 0.15) is 16.9 Å². The van der Waals surface area contributed by atoms with Crippen molar-refractivity contribution in [3.63, 3.8) is 0 Å². The van der Waals surface area contributed by atoms with E-state index in [4.69, 9.17) is 0 Å². The lowest BCUT2D eigenvalue weighted by Crippen LogP contribution is -2.27. The summed E-state index contributed by atoms with van der Waals surface area (Å²) in [5.41, 5.74) is 1.22. The number of pyridine rings is 1. The molecule has 19 heavy (non-hydrogen) atoms. The minimum atomic E-state index is -0.162. The Bertz CT molecular complexity index is 524. The number of carbonyl (C=O) groups is 1. The zero-order valence-corrected chi connectivity index (χ0v) is 10.8. The summed E-state index contributed by atoms with van der Waals surface area (Å²) in [6, 6.07) is 5.36. The van der Waals surface area contributed by atoms with Crippen LogP contribution in [0.5, 0.6) is 0 Å². The average molecular weight is 259 g/mol. The number of amides is 1. The molecule has 0 saturated carbocycles. The van der Waals surface area contributed by atoms with Gasteiger partial charge >= 0.3 is 0 Å². The van der Waals surface area contributed by atoms with Gasteiger partial charge in [-0.25, -0.2) is 4.68 Å². The summed E-state index contributed by atoms with van der Waals surface area (Å²) in [6.45, 7) is 1.51. The second-order valence-corrected chi connectivity index (χ2v) is 4.06. The average Bonchev–Trinajstić information content (AvgIpc) is 2.98. The van der Waals surface area contributed by atoms with Gasteiger partial charge in [-0.05, 0) is 38.2 Å². The largest absolute Gasteiger partial charge is 0.351 e. The molecule has 0 saturated heterocycles. The predicted molar refractivity (Wildman–Crippen MR) is 72.2 cm³/mol. The van der Waals surface area contributed by atoms with Gasteiger partial charge in [-0.15, -0.1) is 0 Å². The molecule has 0 aromatic carbocycles. The molecule has 100 valence electrons. The predicted octanol–water partition coefficient (Wildman–Crippen LogP) is 0.607. The van der Waals surface area contributed by atoms with Crippen LogP contribution in [0.25, 0.3) is 5.69 Å². The standard InChI is InChI=1S/C13H17N5O/c1-14-5-2-6-16-13(19)12-10-11(4-8-15-12)18-9-3-7-17-18/h3-4,7-10,14H,2,5-6H2,1H3,(H,16,19). The molecule has 0 radical (unpaired) electrons. The summed E-state index contributed by atoms with van der Waals surface area (Å²) in [4.78, 5) is 16.0. The summed E-state index contributed by atoms with van der Waals surface area (Å²) in [5, 5.41) is 9.99. The molecule has 0 aliphatic carbocycles. The third-order valence-corrected chi connectivity index (χ3v) is 2.63. The van der Waals surface area contributed by atoms with Crippen molar-refractivity contribution < 1.29 is 4.79 Å². The van der Waals surface area contributed by atoms with Gasteiger partial charge in [0, 0.05) is 25.1 Å². The first kappa shape index (κ1) is 13.2. The van der Waals surface area contributed by atoms with E-state index in [0.717, 1.165) is 18.7 Å². The maximum Gasteiger partial charge on any atom is 0.269 e. The van der Waals surface area contributed by atoms with E-state index in [0.29, 0.717) is 12.2 Å². The number of hydrogen-bond donors (Lipinski definition) is 2. The Morgan fingerprint density at radius 3 is 3.00 bits per heavy atom. The van der Waals surface area contributed by atoms with Crippen LogP contribution in [0.2, 0.25) is 0 Å². The fourth-order valence-electron chi connectivity index (χ4n) is 1.67. The second kappa shape index (κ2) is 6.65. The van der Waals surface area contributed by atoms with E-state index < -0.39 is 0 Å². The Morgan fingerprint density at radius 2 is 2.26 bits per heavy atom. The Kier molecular flexibility index (Phi) is 4.63. The molecule has 0 atom stereocenters. The van der Waals surface area contributed by atoms with Crippen LogP contribution < -0.4 is 10.6 Å². The van der Waals surface area contributed by atoms with Gasteiger partial charge in [-0.2, -0.15) is 5.10 Å². The number of nitrogens with one attached hydrogen (secondary N) is 2. The van der Waals surface area contributed by atoms with Crippen LogP contribution in [0.4, 0.5) is 0 Å². The lowest BCUT2D eigenvalue weighted by atomic mass is 10.3. The second-order valence-electron chi connectivity index (χ2n) is 4.06. The van der Waals surface area contributed by atoms with Crippen molar-refractivity contribution in [2.75, 3.05) is 20.1 Å². The Labute approximate surface area is 111 Å². The summed E-state index contributed by atoms with van der Waals surface area (Å²) in [7, 11) is 1.89. The van der Waals surface area contributed by atoms with Gasteiger partial charge in [0.2, 0.25) is 0 Å². The lowest BCUT2D eigenvalue weighted by Gasteiger charge is -2.06. The number of nitrogens with zero attached hydrogens (tertiary/aromatic N) is 3. The van der Waals surface area contributed by atoms with Crippen molar-refractivity contribution in [2.24, 2.45) is 0 Å². The van der Waals surface area contributed by atoms with Crippen molar-refractivity contribution in [3.05, 3.63) is 42.5 Å². The molecule has 2 aromatic heterocycles. The molecule has 2 rings (SSSR count). The number of carbonyl (C=O) groups excluding carboxylic acids is 1. The molecule has 0 aliphatic rings. The maximum absolute atomic E-state index is 11.9. The van der Waals surface area contributed by atoms with Crippen molar-refractivity contribution >= 4 is 5.91 Å². The topological polar surface area (TPSA) is 71.8 Å². The highest BCUT2D eigenvalue weighted by molar-refractivity contribution is 5.92. The summed E-state index contributed by atoms with van der Waals surface area (Å²) in [6.07, 6.45) is 6.02. The van der Waals surface area contributed by atoms with E-state index in [1.54, 1.807) is 23.1 Å². The quantitative estimate of drug-likeness (QED) is 0.745. The smallest absolute Gasteiger partial charge is 0.269 e. The normalized spacial score (nSPS) is 10.4. The molecule has 0 bridgehead atoms. The molecule has 0 aliphatic heterocycles. The van der Waals surface area contributed by atoms with Crippen LogP contribution in [-0.2, 0) is 0 Å².